The average molecular weight is 197 g/mol. The molecule has 0 bridgehead atoms. The van der Waals surface area contributed by atoms with Gasteiger partial charge in [0.1, 0.15) is 0 Å². The van der Waals surface area contributed by atoms with E-state index in [2.05, 4.69) is 4.98 Å². The fourth-order valence-corrected chi connectivity index (χ4v) is 1.46. The Labute approximate surface area is 82.9 Å². The van der Waals surface area contributed by atoms with Crippen molar-refractivity contribution in [1.82, 2.24) is 4.98 Å². The van der Waals surface area contributed by atoms with Crippen LogP contribution in [0.4, 0.5) is 0 Å². The fraction of sp³-hybridized carbons (Fsp3) is 0.500. The molecule has 78 valence electrons. The monoisotopic (exact) mass is 197 g/mol. The second-order valence-electron chi connectivity index (χ2n) is 3.34. The lowest BCUT2D eigenvalue weighted by atomic mass is 10.1. The zero-order chi connectivity index (χ0) is 10.7. The molecule has 0 radical (unpaired) electrons. The van der Waals surface area contributed by atoms with Crippen LogP contribution in [0.15, 0.2) is 6.20 Å². The molecule has 0 aliphatic heterocycles. The molecule has 0 spiro atoms. The second-order valence-corrected chi connectivity index (χ2v) is 3.34. The van der Waals surface area contributed by atoms with Crippen molar-refractivity contribution in [1.29, 1.82) is 0 Å². The highest BCUT2D eigenvalue weighted by Crippen LogP contribution is 2.15. The van der Waals surface area contributed by atoms with E-state index in [1.165, 1.54) is 7.11 Å². The van der Waals surface area contributed by atoms with Crippen LogP contribution in [-0.2, 0) is 16.0 Å². The van der Waals surface area contributed by atoms with Gasteiger partial charge in [-0.1, -0.05) is 0 Å². The van der Waals surface area contributed by atoms with E-state index >= 15 is 0 Å². The number of rotatable bonds is 4. The van der Waals surface area contributed by atoms with E-state index in [1.54, 1.807) is 0 Å². The van der Waals surface area contributed by atoms with Crippen molar-refractivity contribution in [2.24, 2.45) is 0 Å². The Hall–Kier alpha value is -1.29. The summed E-state index contributed by atoms with van der Waals surface area (Å²) in [5, 5.41) is 8.82. The van der Waals surface area contributed by atoms with Crippen LogP contribution < -0.4 is 0 Å². The highest BCUT2D eigenvalue weighted by molar-refractivity contribution is 5.72. The van der Waals surface area contributed by atoms with Crippen LogP contribution in [0.5, 0.6) is 0 Å². The minimum absolute atomic E-state index is 0.410. The number of ether oxygens (including phenoxy) is 1. The molecule has 0 aliphatic carbocycles. The first-order valence-electron chi connectivity index (χ1n) is 4.45. The minimum Gasteiger partial charge on any atom is -0.479 e. The molecule has 0 saturated carbocycles. The van der Waals surface area contributed by atoms with Crippen molar-refractivity contribution >= 4 is 5.97 Å². The maximum Gasteiger partial charge on any atom is 0.333 e. The number of methoxy groups -OCH3 is 1. The van der Waals surface area contributed by atoms with Crippen molar-refractivity contribution in [2.75, 3.05) is 7.11 Å². The number of carboxylic acids is 1. The summed E-state index contributed by atoms with van der Waals surface area (Å²) in [5.74, 6) is -0.924. The molecule has 2 N–H and O–H groups in total. The molecular formula is C10H15NO3. The van der Waals surface area contributed by atoms with Crippen molar-refractivity contribution in [2.45, 2.75) is 26.4 Å². The number of aromatic amines is 1. The largest absolute Gasteiger partial charge is 0.479 e. The van der Waals surface area contributed by atoms with Crippen LogP contribution in [0.25, 0.3) is 0 Å². The number of aryl methyl sites for hydroxylation is 2. The Morgan fingerprint density at radius 2 is 2.29 bits per heavy atom. The van der Waals surface area contributed by atoms with Gasteiger partial charge < -0.3 is 14.8 Å². The first kappa shape index (κ1) is 10.8. The summed E-state index contributed by atoms with van der Waals surface area (Å²) < 4.78 is 4.88. The van der Waals surface area contributed by atoms with Crippen LogP contribution in [0.1, 0.15) is 16.8 Å². The highest BCUT2D eigenvalue weighted by Gasteiger charge is 2.19. The zero-order valence-electron chi connectivity index (χ0n) is 8.63. The first-order chi connectivity index (χ1) is 6.56. The molecule has 14 heavy (non-hydrogen) atoms. The summed E-state index contributed by atoms with van der Waals surface area (Å²) in [6.45, 7) is 3.88. The summed E-state index contributed by atoms with van der Waals surface area (Å²) >= 11 is 0. The maximum absolute atomic E-state index is 10.7. The van der Waals surface area contributed by atoms with E-state index in [4.69, 9.17) is 9.84 Å². The zero-order valence-corrected chi connectivity index (χ0v) is 8.63. The van der Waals surface area contributed by atoms with Gasteiger partial charge in [-0.3, -0.25) is 0 Å². The molecule has 1 aromatic rings. The van der Waals surface area contributed by atoms with Crippen LogP contribution >= 0.6 is 0 Å². The quantitative estimate of drug-likeness (QED) is 0.764. The summed E-state index contributed by atoms with van der Waals surface area (Å²) in [6.07, 6.45) is 1.52. The lowest BCUT2D eigenvalue weighted by Gasteiger charge is -2.10. The Bertz CT molecular complexity index is 311. The lowest BCUT2D eigenvalue weighted by molar-refractivity contribution is -0.148. The van der Waals surface area contributed by atoms with Gasteiger partial charge in [0.2, 0.25) is 0 Å². The predicted molar refractivity (Wildman–Crippen MR) is 52.4 cm³/mol. The van der Waals surface area contributed by atoms with Crippen molar-refractivity contribution in [3.63, 3.8) is 0 Å². The third kappa shape index (κ3) is 2.14. The molecule has 0 aromatic carbocycles. The van der Waals surface area contributed by atoms with Crippen molar-refractivity contribution in [3.8, 4) is 0 Å². The number of carboxylic acid groups (broad SMARTS) is 1. The number of aromatic nitrogens is 1. The molecule has 0 saturated heterocycles. The SMILES string of the molecule is COC(Cc1c(C)c[nH]c1C)C(=O)O. The maximum atomic E-state index is 10.7. The number of aliphatic carboxylic acids is 1. The Morgan fingerprint density at radius 3 is 2.64 bits per heavy atom. The summed E-state index contributed by atoms with van der Waals surface area (Å²) in [6, 6.07) is 0. The van der Waals surface area contributed by atoms with Gasteiger partial charge >= 0.3 is 5.97 Å². The number of hydrogen-bond donors (Lipinski definition) is 2. The molecule has 1 rings (SSSR count). The molecule has 4 nitrogen and oxygen atoms in total. The number of nitrogens with one attached hydrogen (secondary N) is 1. The van der Waals surface area contributed by atoms with Gasteiger partial charge in [0.15, 0.2) is 6.10 Å². The Balaban J connectivity index is 2.81. The molecule has 1 heterocycles. The van der Waals surface area contributed by atoms with Crippen molar-refractivity contribution < 1.29 is 14.6 Å². The summed E-state index contributed by atoms with van der Waals surface area (Å²) in [7, 11) is 1.41. The van der Waals surface area contributed by atoms with Gasteiger partial charge in [-0.05, 0) is 25.0 Å². The molecule has 1 aromatic heterocycles. The van der Waals surface area contributed by atoms with Gasteiger partial charge in [0.05, 0.1) is 0 Å². The third-order valence-corrected chi connectivity index (χ3v) is 2.38. The van der Waals surface area contributed by atoms with E-state index in [-0.39, 0.29) is 0 Å². The third-order valence-electron chi connectivity index (χ3n) is 2.38. The van der Waals surface area contributed by atoms with Gasteiger partial charge in [-0.25, -0.2) is 4.79 Å². The molecule has 0 aliphatic rings. The van der Waals surface area contributed by atoms with E-state index in [0.29, 0.717) is 6.42 Å². The molecule has 1 unspecified atom stereocenters. The molecule has 1 atom stereocenters. The first-order valence-corrected chi connectivity index (χ1v) is 4.45. The number of carbonyl (C=O) groups is 1. The molecule has 4 heteroatoms. The number of H-pyrrole nitrogens is 1. The van der Waals surface area contributed by atoms with Gasteiger partial charge in [-0.2, -0.15) is 0 Å². The Morgan fingerprint density at radius 1 is 1.64 bits per heavy atom. The fourth-order valence-electron chi connectivity index (χ4n) is 1.46. The van der Waals surface area contributed by atoms with E-state index in [0.717, 1.165) is 16.8 Å². The van der Waals surface area contributed by atoms with Crippen LogP contribution in [-0.4, -0.2) is 29.3 Å². The smallest absolute Gasteiger partial charge is 0.333 e. The molecular weight excluding hydrogens is 182 g/mol. The average Bonchev–Trinajstić information content (AvgIpc) is 2.43. The Kier molecular flexibility index (Phi) is 3.30. The topological polar surface area (TPSA) is 62.3 Å². The van der Waals surface area contributed by atoms with Gasteiger partial charge in [0.25, 0.3) is 0 Å². The number of hydrogen-bond acceptors (Lipinski definition) is 2. The van der Waals surface area contributed by atoms with Crippen molar-refractivity contribution in [3.05, 3.63) is 23.0 Å². The molecule has 0 amide bonds. The normalized spacial score (nSPS) is 12.8. The predicted octanol–water partition coefficient (Wildman–Crippen LogP) is 1.27. The van der Waals surface area contributed by atoms with E-state index < -0.39 is 12.1 Å². The van der Waals surface area contributed by atoms with Gasteiger partial charge in [0, 0.05) is 25.4 Å². The summed E-state index contributed by atoms with van der Waals surface area (Å²) in [5.41, 5.74) is 3.11. The highest BCUT2D eigenvalue weighted by atomic mass is 16.5. The standard InChI is InChI=1S/C10H15NO3/c1-6-5-11-7(2)8(6)4-9(14-3)10(12)13/h5,9,11H,4H2,1-3H3,(H,12,13). The molecule has 0 fully saturated rings. The summed E-state index contributed by atoms with van der Waals surface area (Å²) in [4.78, 5) is 13.8. The van der Waals surface area contributed by atoms with Crippen LogP contribution in [0.3, 0.4) is 0 Å². The van der Waals surface area contributed by atoms with E-state index in [1.807, 2.05) is 20.0 Å². The lowest BCUT2D eigenvalue weighted by Crippen LogP contribution is -2.25. The van der Waals surface area contributed by atoms with Crippen LogP contribution in [0, 0.1) is 13.8 Å². The van der Waals surface area contributed by atoms with Gasteiger partial charge in [-0.15, -0.1) is 0 Å². The second kappa shape index (κ2) is 4.28. The minimum atomic E-state index is -0.924. The van der Waals surface area contributed by atoms with Crippen LogP contribution in [0.2, 0.25) is 0 Å². The van der Waals surface area contributed by atoms with E-state index in [9.17, 15) is 4.79 Å².